The molecule has 2 amide bonds. The van der Waals surface area contributed by atoms with E-state index >= 15 is 0 Å². The summed E-state index contributed by atoms with van der Waals surface area (Å²) in [5.74, 6) is -0.391. The maximum absolute atomic E-state index is 12.5. The molecule has 4 aromatic heterocycles. The zero-order valence-electron chi connectivity index (χ0n) is 33.2. The molecule has 312 valence electrons. The van der Waals surface area contributed by atoms with Crippen LogP contribution >= 0.6 is 45.8 Å². The third-order valence-electron chi connectivity index (χ3n) is 9.26. The number of carbonyl (C=O) groups is 2. The third-order valence-corrected chi connectivity index (χ3v) is 10.7. The number of fused-ring (bicyclic) bond motifs is 2. The monoisotopic (exact) mass is 976 g/mol. The molecule has 0 fully saturated rings. The first-order valence-electron chi connectivity index (χ1n) is 19.2. The zero-order valence-corrected chi connectivity index (χ0v) is 36.9. The van der Waals surface area contributed by atoms with Gasteiger partial charge in [0.1, 0.15) is 34.3 Å². The molecule has 12 nitrogen and oxygen atoms in total. The molecule has 0 atom stereocenters. The van der Waals surface area contributed by atoms with Crippen molar-refractivity contribution in [2.24, 2.45) is 0 Å². The van der Waals surface area contributed by atoms with Crippen LogP contribution in [0.25, 0.3) is 33.2 Å². The topological polar surface area (TPSA) is 160 Å². The normalized spacial score (nSPS) is 10.5. The van der Waals surface area contributed by atoms with Crippen LogP contribution in [0.3, 0.4) is 0 Å². The van der Waals surface area contributed by atoms with Crippen molar-refractivity contribution in [3.05, 3.63) is 185 Å². The molecule has 4 heterocycles. The maximum atomic E-state index is 12.5. The summed E-state index contributed by atoms with van der Waals surface area (Å²) in [6, 6.07) is 32.0. The fourth-order valence-corrected chi connectivity index (χ4v) is 7.73. The molecule has 4 N–H and O–H groups in total. The fourth-order valence-electron chi connectivity index (χ4n) is 6.28. The van der Waals surface area contributed by atoms with E-state index in [9.17, 15) is 9.59 Å². The number of amides is 2. The molecule has 62 heavy (non-hydrogen) atoms. The molecule has 0 spiro atoms. The Labute approximate surface area is 382 Å². The van der Waals surface area contributed by atoms with Gasteiger partial charge in [0.2, 0.25) is 0 Å². The van der Waals surface area contributed by atoms with Gasteiger partial charge in [-0.15, -0.1) is 13.2 Å². The van der Waals surface area contributed by atoms with Crippen molar-refractivity contribution in [2.75, 3.05) is 10.6 Å². The standard InChI is InChI=1S/C23H19ClN4O.C13H12BNO3.C10H9ClIN3/c1-2-3-12-28-14-19(20-21(24)25-15-26-22(20)28)17-10-7-11-18(13-17)27-23(29)16-8-5-4-6-9-16;16-13(10-5-2-1-3-6-10)15-12-8-4-7-11(9-12)14(17)18;1-2-3-4-15-5-7(12)8-9(11)13-6-14-10(8)15/h2,4-11,13-15H,1,3,12H2,(H,27,29);1-9,17-18H,(H,15,16);2,5-6H,1,3-4H2. The number of halogens is 3. The zero-order chi connectivity index (χ0) is 44.0. The Kier molecular flexibility index (Phi) is 16.2. The molecule has 4 aromatic carbocycles. The molecule has 0 aliphatic rings. The lowest BCUT2D eigenvalue weighted by molar-refractivity contribution is 0.101. The van der Waals surface area contributed by atoms with E-state index < -0.39 is 7.12 Å². The number of nitrogens with one attached hydrogen (secondary N) is 2. The number of aryl methyl sites for hydroxylation is 2. The van der Waals surface area contributed by atoms with E-state index in [-0.39, 0.29) is 11.8 Å². The Morgan fingerprint density at radius 1 is 0.661 bits per heavy atom. The first kappa shape index (κ1) is 45.4. The summed E-state index contributed by atoms with van der Waals surface area (Å²) < 4.78 is 5.21. The molecule has 0 saturated carbocycles. The quantitative estimate of drug-likeness (QED) is 0.0408. The summed E-state index contributed by atoms with van der Waals surface area (Å²) in [5, 5.41) is 26.4. The van der Waals surface area contributed by atoms with E-state index in [1.165, 1.54) is 18.7 Å². The lowest BCUT2D eigenvalue weighted by atomic mass is 9.80. The second kappa shape index (κ2) is 22.1. The van der Waals surface area contributed by atoms with E-state index in [0.717, 1.165) is 62.7 Å². The molecule has 0 unspecified atom stereocenters. The Hall–Kier alpha value is -6.17. The van der Waals surface area contributed by atoms with Crippen molar-refractivity contribution in [2.45, 2.75) is 25.9 Å². The summed E-state index contributed by atoms with van der Waals surface area (Å²) in [6.07, 6.45) is 12.5. The van der Waals surface area contributed by atoms with E-state index in [4.69, 9.17) is 33.2 Å². The lowest BCUT2D eigenvalue weighted by Crippen LogP contribution is -2.30. The van der Waals surface area contributed by atoms with Gasteiger partial charge in [0.05, 0.1) is 10.8 Å². The number of anilines is 2. The van der Waals surface area contributed by atoms with Crippen LogP contribution in [-0.4, -0.2) is 58.1 Å². The molecule has 0 bridgehead atoms. The lowest BCUT2D eigenvalue weighted by Gasteiger charge is -2.07. The van der Waals surface area contributed by atoms with E-state index in [0.29, 0.717) is 38.3 Å². The van der Waals surface area contributed by atoms with Gasteiger partial charge in [-0.05, 0) is 95.0 Å². The van der Waals surface area contributed by atoms with Gasteiger partial charge >= 0.3 is 7.12 Å². The number of nitrogens with zero attached hydrogens (tertiary/aromatic N) is 6. The number of carbonyl (C=O) groups excluding carboxylic acids is 2. The summed E-state index contributed by atoms with van der Waals surface area (Å²) in [7, 11) is -1.54. The highest BCUT2D eigenvalue weighted by molar-refractivity contribution is 14.1. The smallest absolute Gasteiger partial charge is 0.423 e. The summed E-state index contributed by atoms with van der Waals surface area (Å²) in [4.78, 5) is 41.1. The van der Waals surface area contributed by atoms with Crippen LogP contribution in [0.2, 0.25) is 10.3 Å². The molecule has 8 aromatic rings. The largest absolute Gasteiger partial charge is 0.488 e. The van der Waals surface area contributed by atoms with Gasteiger partial charge in [0, 0.05) is 57.1 Å². The Morgan fingerprint density at radius 3 is 1.71 bits per heavy atom. The summed E-state index contributed by atoms with van der Waals surface area (Å²) >= 11 is 14.7. The van der Waals surface area contributed by atoms with E-state index in [2.05, 4.69) is 75.5 Å². The Morgan fingerprint density at radius 2 is 1.16 bits per heavy atom. The van der Waals surface area contributed by atoms with Gasteiger partial charge in [-0.3, -0.25) is 9.59 Å². The summed E-state index contributed by atoms with van der Waals surface area (Å²) in [6.45, 7) is 9.12. The second-order valence-corrected chi connectivity index (χ2v) is 15.4. The second-order valence-electron chi connectivity index (χ2n) is 13.5. The van der Waals surface area contributed by atoms with Crippen molar-refractivity contribution in [3.8, 4) is 11.1 Å². The average Bonchev–Trinajstić information content (AvgIpc) is 3.84. The van der Waals surface area contributed by atoms with Gasteiger partial charge in [0.15, 0.2) is 0 Å². The highest BCUT2D eigenvalue weighted by Crippen LogP contribution is 2.35. The summed E-state index contributed by atoms with van der Waals surface area (Å²) in [5.41, 5.74) is 6.23. The highest BCUT2D eigenvalue weighted by Gasteiger charge is 2.17. The fraction of sp³-hybridized carbons (Fsp3) is 0.0870. The Bertz CT molecular complexity index is 2820. The molecule has 0 saturated heterocycles. The van der Waals surface area contributed by atoms with Crippen LogP contribution in [0, 0.1) is 3.57 Å². The van der Waals surface area contributed by atoms with Gasteiger partial charge in [0.25, 0.3) is 11.8 Å². The maximum Gasteiger partial charge on any atom is 0.488 e. The number of benzene rings is 4. The van der Waals surface area contributed by atoms with Crippen LogP contribution in [0.15, 0.2) is 160 Å². The minimum atomic E-state index is -1.54. The van der Waals surface area contributed by atoms with Crippen LogP contribution in [0.5, 0.6) is 0 Å². The Balaban J connectivity index is 0.000000167. The highest BCUT2D eigenvalue weighted by atomic mass is 127. The number of hydrogen-bond donors (Lipinski definition) is 4. The average molecular weight is 978 g/mol. The van der Waals surface area contributed by atoms with Crippen molar-refractivity contribution in [3.63, 3.8) is 0 Å². The number of allylic oxidation sites excluding steroid dienone is 2. The molecular weight excluding hydrogens is 937 g/mol. The van der Waals surface area contributed by atoms with Gasteiger partial charge < -0.3 is 29.8 Å². The van der Waals surface area contributed by atoms with Crippen LogP contribution in [0.4, 0.5) is 11.4 Å². The number of hydrogen-bond acceptors (Lipinski definition) is 8. The SMILES string of the molecule is C=CCCn1cc(-c2cccc(NC(=O)c3ccccc3)c2)c2c(Cl)ncnc21.C=CCCn1cc(I)c2c(Cl)ncnc21.O=C(Nc1cccc(B(O)O)c1)c1ccccc1. The predicted octanol–water partition coefficient (Wildman–Crippen LogP) is 9.46. The third kappa shape index (κ3) is 11.6. The molecule has 0 radical (unpaired) electrons. The molecule has 0 aliphatic carbocycles. The number of rotatable bonds is 12. The first-order chi connectivity index (χ1) is 30.1. The number of aromatic nitrogens is 6. The molecule has 0 aliphatic heterocycles. The molecule has 16 heteroatoms. The van der Waals surface area contributed by atoms with Gasteiger partial charge in [-0.1, -0.05) is 96.0 Å². The van der Waals surface area contributed by atoms with Crippen LogP contribution in [0.1, 0.15) is 33.6 Å². The van der Waals surface area contributed by atoms with Crippen molar-refractivity contribution >= 4 is 104 Å². The van der Waals surface area contributed by atoms with Gasteiger partial charge in [-0.25, -0.2) is 19.9 Å². The van der Waals surface area contributed by atoms with Crippen molar-refractivity contribution in [1.29, 1.82) is 0 Å². The van der Waals surface area contributed by atoms with Gasteiger partial charge in [-0.2, -0.15) is 0 Å². The minimum absolute atomic E-state index is 0.155. The van der Waals surface area contributed by atoms with Crippen molar-refractivity contribution in [1.82, 2.24) is 29.1 Å². The van der Waals surface area contributed by atoms with Crippen LogP contribution in [-0.2, 0) is 13.1 Å². The van der Waals surface area contributed by atoms with E-state index in [1.54, 1.807) is 54.6 Å². The van der Waals surface area contributed by atoms with E-state index in [1.807, 2.05) is 73.1 Å². The molecule has 8 rings (SSSR count). The van der Waals surface area contributed by atoms with Crippen LogP contribution < -0.4 is 16.1 Å². The minimum Gasteiger partial charge on any atom is -0.423 e. The predicted molar refractivity (Wildman–Crippen MR) is 258 cm³/mol. The molecular formula is C46H40BCl2IN8O4. The first-order valence-corrected chi connectivity index (χ1v) is 21.1. The van der Waals surface area contributed by atoms with Crippen molar-refractivity contribution < 1.29 is 19.6 Å².